The molecule has 4 rings (SSSR count). The number of nitrogens with zero attached hydrogens (tertiary/aromatic N) is 2. The number of carbonyl (C=O) groups excluding carboxylic acids is 1. The fraction of sp³-hybridized carbons (Fsp3) is 0.828. The number of Topliss-reactive ketones (excluding diaryl/α,β-unsaturated/α-hetero) is 1. The normalized spacial score (nSPS) is 38.4. The summed E-state index contributed by atoms with van der Waals surface area (Å²) in [6, 6.07) is 0. The van der Waals surface area contributed by atoms with Gasteiger partial charge in [-0.2, -0.15) is 0 Å². The van der Waals surface area contributed by atoms with Crippen molar-refractivity contribution < 1.29 is 23.3 Å². The van der Waals surface area contributed by atoms with Gasteiger partial charge < -0.3 is 18.5 Å². The van der Waals surface area contributed by atoms with E-state index >= 15 is 0 Å². The minimum atomic E-state index is -1.88. The monoisotopic (exact) mass is 562 g/mol. The number of rotatable bonds is 9. The summed E-state index contributed by atoms with van der Waals surface area (Å²) >= 11 is 0. The van der Waals surface area contributed by atoms with E-state index in [2.05, 4.69) is 62.6 Å². The van der Waals surface area contributed by atoms with Crippen LogP contribution in [0.5, 0.6) is 0 Å². The summed E-state index contributed by atoms with van der Waals surface area (Å²) < 4.78 is 13.2. The highest BCUT2D eigenvalue weighted by Gasteiger charge is 2.65. The topological polar surface area (TPSA) is 78.7 Å². The third-order valence-electron chi connectivity index (χ3n) is 9.64. The summed E-state index contributed by atoms with van der Waals surface area (Å²) in [4.78, 5) is 24.2. The molecule has 0 aromatic carbocycles. The van der Waals surface area contributed by atoms with Crippen molar-refractivity contribution in [3.05, 3.63) is 11.6 Å². The predicted molar refractivity (Wildman–Crippen MR) is 157 cm³/mol. The Hall–Kier alpha value is -1.30. The Balaban J connectivity index is 1.76. The standard InChI is InChI=1S/C29H50N2O5Si2/c1-28-15-14-21(31-34-3)16-20(28)10-11-22-23-12-13-24(25(32)18-35-37(4,5)6)29(23,19-30-33-2)17-26(27(22)28)36-38(7,8)9/h16,19,22-24,26-27H,10-15,17-18H2,1-9H3/b30-19+,31-21+/t22-,23-,24-,26-,27+,28-,29+/m0/s1. The van der Waals surface area contributed by atoms with Crippen LogP contribution in [0.4, 0.5) is 0 Å². The van der Waals surface area contributed by atoms with Gasteiger partial charge in [0.25, 0.3) is 0 Å². The maximum atomic E-state index is 13.8. The summed E-state index contributed by atoms with van der Waals surface area (Å²) in [5, 5.41) is 8.66. The van der Waals surface area contributed by atoms with Crippen LogP contribution in [-0.2, 0) is 23.3 Å². The van der Waals surface area contributed by atoms with Gasteiger partial charge in [0.1, 0.15) is 14.2 Å². The van der Waals surface area contributed by atoms with Crippen molar-refractivity contribution in [1.29, 1.82) is 0 Å². The number of allylic oxidation sites excluding steroid dienone is 2. The second kappa shape index (κ2) is 10.9. The van der Waals surface area contributed by atoms with Gasteiger partial charge in [-0.15, -0.1) is 0 Å². The molecule has 0 bridgehead atoms. The summed E-state index contributed by atoms with van der Waals surface area (Å²) in [5.41, 5.74) is 2.26. The molecule has 0 aromatic heterocycles. The smallest absolute Gasteiger partial charge is 0.184 e. The first-order valence-electron chi connectivity index (χ1n) is 14.5. The summed E-state index contributed by atoms with van der Waals surface area (Å²) in [5.74, 6) is 1.41. The number of oxime groups is 2. The molecule has 0 heterocycles. The van der Waals surface area contributed by atoms with Crippen LogP contribution in [0.2, 0.25) is 39.3 Å². The Bertz CT molecular complexity index is 984. The van der Waals surface area contributed by atoms with E-state index in [4.69, 9.17) is 18.5 Å². The van der Waals surface area contributed by atoms with E-state index in [1.165, 1.54) is 5.57 Å². The fourth-order valence-corrected chi connectivity index (χ4v) is 10.1. The molecule has 3 saturated carbocycles. The molecule has 4 aliphatic carbocycles. The molecule has 0 unspecified atom stereocenters. The van der Waals surface area contributed by atoms with E-state index in [-0.39, 0.29) is 35.2 Å². The summed E-state index contributed by atoms with van der Waals surface area (Å²) in [7, 11) is -0.450. The van der Waals surface area contributed by atoms with Crippen LogP contribution in [0, 0.1) is 34.5 Å². The molecule has 7 atom stereocenters. The highest BCUT2D eigenvalue weighted by atomic mass is 28.4. The van der Waals surface area contributed by atoms with Crippen LogP contribution in [-0.4, -0.2) is 61.3 Å². The first-order valence-corrected chi connectivity index (χ1v) is 21.3. The van der Waals surface area contributed by atoms with Crippen molar-refractivity contribution >= 4 is 34.3 Å². The maximum Gasteiger partial charge on any atom is 0.184 e. The highest BCUT2D eigenvalue weighted by molar-refractivity contribution is 6.70. The largest absolute Gasteiger partial charge is 0.414 e. The van der Waals surface area contributed by atoms with Crippen molar-refractivity contribution in [2.75, 3.05) is 20.8 Å². The molecule has 38 heavy (non-hydrogen) atoms. The molecule has 4 aliphatic rings. The molecule has 0 aromatic rings. The minimum absolute atomic E-state index is 0.0631. The average molecular weight is 563 g/mol. The third-order valence-corrected chi connectivity index (χ3v) is 11.7. The van der Waals surface area contributed by atoms with Crippen molar-refractivity contribution in [3.63, 3.8) is 0 Å². The zero-order valence-corrected chi connectivity index (χ0v) is 27.1. The van der Waals surface area contributed by atoms with E-state index in [1.807, 2.05) is 6.21 Å². The average Bonchev–Trinajstić information content (AvgIpc) is 3.19. The molecule has 0 N–H and O–H groups in total. The van der Waals surface area contributed by atoms with Gasteiger partial charge in [0.05, 0.1) is 18.5 Å². The van der Waals surface area contributed by atoms with Crippen LogP contribution < -0.4 is 0 Å². The maximum absolute atomic E-state index is 13.8. The predicted octanol–water partition coefficient (Wildman–Crippen LogP) is 6.43. The van der Waals surface area contributed by atoms with E-state index in [9.17, 15) is 4.79 Å². The van der Waals surface area contributed by atoms with Gasteiger partial charge in [-0.1, -0.05) is 22.8 Å². The molecule has 0 spiro atoms. The van der Waals surface area contributed by atoms with Crippen molar-refractivity contribution in [1.82, 2.24) is 0 Å². The highest BCUT2D eigenvalue weighted by Crippen LogP contribution is 2.67. The van der Waals surface area contributed by atoms with Crippen LogP contribution in [0.1, 0.15) is 51.9 Å². The Kier molecular flexibility index (Phi) is 8.54. The molecular formula is C29H50N2O5Si2. The molecule has 214 valence electrons. The quantitative estimate of drug-likeness (QED) is 0.184. The second-order valence-electron chi connectivity index (χ2n) is 14.2. The van der Waals surface area contributed by atoms with Gasteiger partial charge in [-0.3, -0.25) is 4.79 Å². The molecule has 9 heteroatoms. The number of fused-ring (bicyclic) bond motifs is 5. The molecule has 0 amide bonds. The fourth-order valence-electron chi connectivity index (χ4n) is 8.36. The molecule has 0 saturated heterocycles. The van der Waals surface area contributed by atoms with Crippen LogP contribution in [0.15, 0.2) is 22.0 Å². The number of hydrogen-bond donors (Lipinski definition) is 0. The molecule has 7 nitrogen and oxygen atoms in total. The zero-order chi connectivity index (χ0) is 27.9. The minimum Gasteiger partial charge on any atom is -0.414 e. The van der Waals surface area contributed by atoms with Gasteiger partial charge in [0.2, 0.25) is 0 Å². The van der Waals surface area contributed by atoms with Crippen molar-refractivity contribution in [2.45, 2.75) is 97.3 Å². The lowest BCUT2D eigenvalue weighted by Crippen LogP contribution is -2.60. The van der Waals surface area contributed by atoms with E-state index < -0.39 is 16.6 Å². The van der Waals surface area contributed by atoms with Gasteiger partial charge in [0, 0.05) is 17.4 Å². The molecular weight excluding hydrogens is 513 g/mol. The second-order valence-corrected chi connectivity index (χ2v) is 23.2. The number of carbonyl (C=O) groups is 1. The first kappa shape index (κ1) is 29.7. The Morgan fingerprint density at radius 2 is 1.79 bits per heavy atom. The van der Waals surface area contributed by atoms with Gasteiger partial charge in [-0.05, 0) is 113 Å². The van der Waals surface area contributed by atoms with E-state index in [1.54, 1.807) is 14.2 Å². The summed E-state index contributed by atoms with van der Waals surface area (Å²) in [6.07, 6.45) is 11.3. The molecule has 0 aliphatic heterocycles. The van der Waals surface area contributed by atoms with Crippen LogP contribution in [0.25, 0.3) is 0 Å². The zero-order valence-electron chi connectivity index (χ0n) is 25.1. The van der Waals surface area contributed by atoms with E-state index in [0.717, 1.165) is 50.7 Å². The first-order chi connectivity index (χ1) is 17.7. The van der Waals surface area contributed by atoms with Crippen LogP contribution in [0.3, 0.4) is 0 Å². The molecule has 3 fully saturated rings. The van der Waals surface area contributed by atoms with Gasteiger partial charge in [0.15, 0.2) is 22.4 Å². The lowest BCUT2D eigenvalue weighted by Gasteiger charge is -2.61. The Morgan fingerprint density at radius 3 is 2.42 bits per heavy atom. The lowest BCUT2D eigenvalue weighted by molar-refractivity contribution is -0.134. The van der Waals surface area contributed by atoms with Gasteiger partial charge in [-0.25, -0.2) is 0 Å². The Morgan fingerprint density at radius 1 is 1.05 bits per heavy atom. The van der Waals surface area contributed by atoms with Crippen molar-refractivity contribution in [3.8, 4) is 0 Å². The third kappa shape index (κ3) is 5.76. The van der Waals surface area contributed by atoms with Crippen molar-refractivity contribution in [2.24, 2.45) is 44.8 Å². The van der Waals surface area contributed by atoms with Gasteiger partial charge >= 0.3 is 0 Å². The number of ketones is 1. The number of hydrogen-bond acceptors (Lipinski definition) is 7. The summed E-state index contributed by atoms with van der Waals surface area (Å²) in [6.45, 7) is 16.0. The van der Waals surface area contributed by atoms with Crippen LogP contribution >= 0.6 is 0 Å². The molecule has 0 radical (unpaired) electrons. The lowest BCUT2D eigenvalue weighted by atomic mass is 9.45. The Labute approximate surface area is 232 Å². The van der Waals surface area contributed by atoms with E-state index in [0.29, 0.717) is 17.8 Å². The SMILES string of the molecule is CO/N=C/[C@]12C[C@H](O[Si](C)(C)C)[C@H]3[C@@H](CCC4=C/C(=N/OC)CC[C@@]43C)[C@@H]1CC[C@H]2C(=O)CO[Si](C)(C)C.